The summed E-state index contributed by atoms with van der Waals surface area (Å²) in [6.07, 6.45) is 1.90. The fourth-order valence-electron chi connectivity index (χ4n) is 2.96. The van der Waals surface area contributed by atoms with E-state index in [1.54, 1.807) is 24.0 Å². The minimum absolute atomic E-state index is 0.00812. The van der Waals surface area contributed by atoms with Gasteiger partial charge in [0, 0.05) is 24.1 Å². The molecular weight excluding hydrogens is 368 g/mol. The van der Waals surface area contributed by atoms with Crippen LogP contribution in [-0.4, -0.2) is 46.1 Å². The van der Waals surface area contributed by atoms with Crippen LogP contribution in [0.1, 0.15) is 12.0 Å². The molecule has 0 spiro atoms. The molecule has 4 nitrogen and oxygen atoms in total. The number of halogens is 3. The lowest BCUT2D eigenvalue weighted by Crippen LogP contribution is -2.43. The van der Waals surface area contributed by atoms with Crippen LogP contribution in [0.15, 0.2) is 35.9 Å². The molecular formula is C17H16ClF2N3OS. The van der Waals surface area contributed by atoms with Crippen LogP contribution in [0.25, 0.3) is 0 Å². The number of hydrogen-bond acceptors (Lipinski definition) is 4. The maximum Gasteiger partial charge on any atom is 0.268 e. The first-order valence-electron chi connectivity index (χ1n) is 7.77. The Labute approximate surface area is 154 Å². The van der Waals surface area contributed by atoms with Crippen molar-refractivity contribution in [1.82, 2.24) is 9.80 Å². The number of amides is 1. The number of rotatable bonds is 4. The number of hydrogen-bond donors (Lipinski definition) is 0. The quantitative estimate of drug-likeness (QED) is 0.798. The van der Waals surface area contributed by atoms with Crippen molar-refractivity contribution in [3.8, 4) is 6.07 Å². The first-order chi connectivity index (χ1) is 11.9. The molecule has 1 aromatic carbocycles. The lowest BCUT2D eigenvalue weighted by atomic mass is 10.1. The Balaban J connectivity index is 1.63. The highest BCUT2D eigenvalue weighted by molar-refractivity contribution is 8.02. The zero-order valence-corrected chi connectivity index (χ0v) is 14.8. The molecule has 0 saturated carbocycles. The van der Waals surface area contributed by atoms with Crippen LogP contribution < -0.4 is 0 Å². The molecule has 2 atom stereocenters. The Hall–Kier alpha value is -1.78. The summed E-state index contributed by atoms with van der Waals surface area (Å²) < 4.78 is 27.0. The summed E-state index contributed by atoms with van der Waals surface area (Å²) in [6.45, 7) is -0.702. The summed E-state index contributed by atoms with van der Waals surface area (Å²) in [7, 11) is 0. The Bertz CT molecular complexity index is 720. The minimum atomic E-state index is -2.99. The molecule has 0 radical (unpaired) electrons. The highest BCUT2D eigenvalue weighted by Crippen LogP contribution is 2.33. The predicted octanol–water partition coefficient (Wildman–Crippen LogP) is 3.49. The smallest absolute Gasteiger partial charge is 0.268 e. The van der Waals surface area contributed by atoms with Crippen LogP contribution in [0, 0.1) is 11.3 Å². The van der Waals surface area contributed by atoms with E-state index in [-0.39, 0.29) is 11.9 Å². The van der Waals surface area contributed by atoms with Gasteiger partial charge in [0.15, 0.2) is 0 Å². The SMILES string of the molecule is N#CC1CC(F)(F)CN1C(=O)CN1C=CS[C@H]1Cc1ccc(Cl)cc1. The zero-order chi connectivity index (χ0) is 18.0. The summed E-state index contributed by atoms with van der Waals surface area (Å²) in [4.78, 5) is 15.3. The largest absolute Gasteiger partial charge is 0.355 e. The number of benzene rings is 1. The topological polar surface area (TPSA) is 47.3 Å². The molecule has 0 bridgehead atoms. The van der Waals surface area contributed by atoms with E-state index in [1.165, 1.54) is 0 Å². The first-order valence-corrected chi connectivity index (χ1v) is 9.09. The van der Waals surface area contributed by atoms with Crippen LogP contribution in [0.4, 0.5) is 8.78 Å². The van der Waals surface area contributed by atoms with Gasteiger partial charge < -0.3 is 9.80 Å². The number of nitriles is 1. The van der Waals surface area contributed by atoms with E-state index in [1.807, 2.05) is 34.6 Å². The fourth-order valence-corrected chi connectivity index (χ4v) is 4.09. The van der Waals surface area contributed by atoms with E-state index in [4.69, 9.17) is 16.9 Å². The number of thioether (sulfide) groups is 1. The van der Waals surface area contributed by atoms with Crippen LogP contribution in [0.2, 0.25) is 5.02 Å². The van der Waals surface area contributed by atoms with Gasteiger partial charge in [-0.2, -0.15) is 5.26 Å². The lowest BCUT2D eigenvalue weighted by Gasteiger charge is -2.27. The number of nitrogens with zero attached hydrogens (tertiary/aromatic N) is 3. The Morgan fingerprint density at radius 1 is 1.40 bits per heavy atom. The molecule has 0 aromatic heterocycles. The van der Waals surface area contributed by atoms with Gasteiger partial charge in [-0.1, -0.05) is 23.7 Å². The van der Waals surface area contributed by atoms with Gasteiger partial charge in [-0.05, 0) is 23.1 Å². The van der Waals surface area contributed by atoms with Crippen LogP contribution in [-0.2, 0) is 11.2 Å². The Morgan fingerprint density at radius 2 is 2.12 bits per heavy atom. The van der Waals surface area contributed by atoms with Crippen molar-refractivity contribution in [2.75, 3.05) is 13.1 Å². The predicted molar refractivity (Wildman–Crippen MR) is 93.1 cm³/mol. The molecule has 1 fully saturated rings. The average molecular weight is 384 g/mol. The number of carbonyl (C=O) groups excluding carboxylic acids is 1. The molecule has 132 valence electrons. The summed E-state index contributed by atoms with van der Waals surface area (Å²) in [5.41, 5.74) is 1.07. The van der Waals surface area contributed by atoms with E-state index < -0.39 is 30.8 Å². The van der Waals surface area contributed by atoms with Crippen molar-refractivity contribution in [2.24, 2.45) is 0 Å². The van der Waals surface area contributed by atoms with Crippen LogP contribution >= 0.6 is 23.4 Å². The monoisotopic (exact) mass is 383 g/mol. The van der Waals surface area contributed by atoms with E-state index in [0.717, 1.165) is 10.5 Å². The van der Waals surface area contributed by atoms with E-state index in [9.17, 15) is 13.6 Å². The average Bonchev–Trinajstić information content (AvgIpc) is 3.13. The van der Waals surface area contributed by atoms with Gasteiger partial charge >= 0.3 is 0 Å². The molecule has 1 amide bonds. The standard InChI is InChI=1S/C17H16ClF2N3OS/c18-13-3-1-12(2-4-13)7-16-22(5-6-25-16)10-15(24)23-11-17(19,20)8-14(23)9-21/h1-6,14,16H,7-8,10-11H2/t14?,16-/m0/s1. The molecule has 1 saturated heterocycles. The van der Waals surface area contributed by atoms with Crippen molar-refractivity contribution in [3.05, 3.63) is 46.5 Å². The van der Waals surface area contributed by atoms with Gasteiger partial charge in [0.1, 0.15) is 6.04 Å². The Kier molecular flexibility index (Phi) is 5.21. The molecule has 2 aliphatic rings. The van der Waals surface area contributed by atoms with E-state index in [2.05, 4.69) is 0 Å². The second kappa shape index (κ2) is 7.22. The summed E-state index contributed by atoms with van der Waals surface area (Å²) in [5, 5.41) is 11.6. The third kappa shape index (κ3) is 4.25. The molecule has 2 aliphatic heterocycles. The van der Waals surface area contributed by atoms with Gasteiger partial charge in [-0.15, -0.1) is 11.8 Å². The molecule has 1 unspecified atom stereocenters. The third-order valence-corrected chi connectivity index (χ3v) is 5.52. The molecule has 8 heteroatoms. The summed E-state index contributed by atoms with van der Waals surface area (Å²) >= 11 is 7.45. The second-order valence-electron chi connectivity index (χ2n) is 6.11. The molecule has 25 heavy (non-hydrogen) atoms. The van der Waals surface area contributed by atoms with Gasteiger partial charge in [-0.25, -0.2) is 8.78 Å². The normalized spacial score (nSPS) is 24.6. The molecule has 0 N–H and O–H groups in total. The van der Waals surface area contributed by atoms with Crippen LogP contribution in [0.3, 0.4) is 0 Å². The molecule has 0 aliphatic carbocycles. The fraction of sp³-hybridized carbons (Fsp3) is 0.412. The summed E-state index contributed by atoms with van der Waals surface area (Å²) in [6, 6.07) is 8.21. The first kappa shape index (κ1) is 18.0. The molecule has 3 rings (SSSR count). The zero-order valence-electron chi connectivity index (χ0n) is 13.2. The molecule has 1 aromatic rings. The molecule has 2 heterocycles. The number of alkyl halides is 2. The van der Waals surface area contributed by atoms with Crippen molar-refractivity contribution >= 4 is 29.3 Å². The van der Waals surface area contributed by atoms with Gasteiger partial charge in [0.25, 0.3) is 5.92 Å². The summed E-state index contributed by atoms with van der Waals surface area (Å²) in [5.74, 6) is -3.44. The van der Waals surface area contributed by atoms with Gasteiger partial charge in [0.05, 0.1) is 24.5 Å². The van der Waals surface area contributed by atoms with E-state index in [0.29, 0.717) is 11.4 Å². The van der Waals surface area contributed by atoms with Crippen molar-refractivity contribution < 1.29 is 13.6 Å². The highest BCUT2D eigenvalue weighted by Gasteiger charge is 2.47. The Morgan fingerprint density at radius 3 is 2.80 bits per heavy atom. The highest BCUT2D eigenvalue weighted by atomic mass is 35.5. The maximum atomic E-state index is 13.5. The van der Waals surface area contributed by atoms with Crippen molar-refractivity contribution in [1.29, 1.82) is 5.26 Å². The van der Waals surface area contributed by atoms with Crippen molar-refractivity contribution in [3.63, 3.8) is 0 Å². The number of likely N-dealkylation sites (tertiary alicyclic amines) is 1. The number of carbonyl (C=O) groups is 1. The van der Waals surface area contributed by atoms with Gasteiger partial charge in [0.2, 0.25) is 5.91 Å². The van der Waals surface area contributed by atoms with Gasteiger partial charge in [-0.3, -0.25) is 4.79 Å². The van der Waals surface area contributed by atoms with Crippen molar-refractivity contribution in [2.45, 2.75) is 30.2 Å². The lowest BCUT2D eigenvalue weighted by molar-refractivity contribution is -0.133. The van der Waals surface area contributed by atoms with E-state index >= 15 is 0 Å². The van der Waals surface area contributed by atoms with Crippen LogP contribution in [0.5, 0.6) is 0 Å². The minimum Gasteiger partial charge on any atom is -0.355 e. The third-order valence-electron chi connectivity index (χ3n) is 4.24. The maximum absolute atomic E-state index is 13.5. The second-order valence-corrected chi connectivity index (χ2v) is 7.63.